The molecule has 1 amide bonds. The Balaban J connectivity index is 0.00000144. The zero-order valence-electron chi connectivity index (χ0n) is 11.7. The van der Waals surface area contributed by atoms with E-state index in [1.54, 1.807) is 23.5 Å². The van der Waals surface area contributed by atoms with Crippen LogP contribution in [0.4, 0.5) is 11.4 Å². The van der Waals surface area contributed by atoms with Crippen molar-refractivity contribution in [3.8, 4) is 11.5 Å². The van der Waals surface area contributed by atoms with Gasteiger partial charge in [-0.05, 0) is 30.9 Å². The molecule has 1 aliphatic carbocycles. The number of hydrogen-bond acceptors (Lipinski definition) is 5. The number of rotatable bonds is 2. The third kappa shape index (κ3) is 2.48. The number of nitrogens with two attached hydrogens (primary N) is 1. The van der Waals surface area contributed by atoms with Gasteiger partial charge in [-0.3, -0.25) is 4.79 Å². The summed E-state index contributed by atoms with van der Waals surface area (Å²) in [6.45, 7) is 0.184. The second-order valence-corrected chi connectivity index (χ2v) is 6.30. The van der Waals surface area contributed by atoms with Gasteiger partial charge in [0.25, 0.3) is 5.91 Å². The van der Waals surface area contributed by atoms with E-state index in [0.717, 1.165) is 17.7 Å². The second kappa shape index (κ2) is 5.70. The highest BCUT2D eigenvalue weighted by Crippen LogP contribution is 2.39. The summed E-state index contributed by atoms with van der Waals surface area (Å²) in [7, 11) is 0. The minimum absolute atomic E-state index is 0. The van der Waals surface area contributed by atoms with Crippen LogP contribution < -0.4 is 20.5 Å². The fourth-order valence-electron chi connectivity index (χ4n) is 2.69. The lowest BCUT2D eigenvalue weighted by molar-refractivity contribution is 0.103. The van der Waals surface area contributed by atoms with Crippen molar-refractivity contribution in [3.63, 3.8) is 0 Å². The van der Waals surface area contributed by atoms with E-state index in [1.807, 2.05) is 6.07 Å². The van der Waals surface area contributed by atoms with Gasteiger partial charge < -0.3 is 20.5 Å². The number of anilines is 2. The van der Waals surface area contributed by atoms with E-state index in [1.165, 1.54) is 16.9 Å². The van der Waals surface area contributed by atoms with Crippen molar-refractivity contribution in [1.82, 2.24) is 0 Å². The van der Waals surface area contributed by atoms with Crippen LogP contribution in [0.1, 0.15) is 26.5 Å². The summed E-state index contributed by atoms with van der Waals surface area (Å²) < 4.78 is 10.6. The number of carbonyl (C=O) groups excluding carboxylic acids is 1. The molecule has 0 atom stereocenters. The lowest BCUT2D eigenvalue weighted by Crippen LogP contribution is -2.11. The van der Waals surface area contributed by atoms with Crippen LogP contribution in [0.3, 0.4) is 0 Å². The van der Waals surface area contributed by atoms with Crippen LogP contribution in [0.25, 0.3) is 0 Å². The summed E-state index contributed by atoms with van der Waals surface area (Å²) in [6, 6.07) is 5.37. The van der Waals surface area contributed by atoms with Crippen LogP contribution >= 0.6 is 23.7 Å². The molecule has 0 saturated heterocycles. The van der Waals surface area contributed by atoms with Crippen LogP contribution in [-0.4, -0.2) is 12.7 Å². The molecule has 5 nitrogen and oxygen atoms in total. The molecule has 2 aliphatic rings. The molecule has 4 rings (SSSR count). The predicted molar refractivity (Wildman–Crippen MR) is 88.5 cm³/mol. The predicted octanol–water partition coefficient (Wildman–Crippen LogP) is 3.22. The second-order valence-electron chi connectivity index (χ2n) is 5.16. The number of amides is 1. The van der Waals surface area contributed by atoms with Gasteiger partial charge >= 0.3 is 0 Å². The number of carbonyl (C=O) groups is 1. The monoisotopic (exact) mass is 338 g/mol. The van der Waals surface area contributed by atoms with E-state index in [2.05, 4.69) is 5.32 Å². The SMILES string of the molecule is Cl.Nc1cc2c(cc1NC(=O)c1cc3c(s1)CCC3)OCO2. The van der Waals surface area contributed by atoms with Crippen molar-refractivity contribution in [2.45, 2.75) is 19.3 Å². The summed E-state index contributed by atoms with van der Waals surface area (Å²) in [5.74, 6) is 1.09. The standard InChI is InChI=1S/C15H14N2O3S.ClH/c16-9-5-11-12(20-7-19-11)6-10(9)17-15(18)14-4-8-2-1-3-13(8)21-14;/h4-6H,1-3,7,16H2,(H,17,18);1H. The van der Waals surface area contributed by atoms with Gasteiger partial charge in [0.05, 0.1) is 16.3 Å². The van der Waals surface area contributed by atoms with Crippen molar-refractivity contribution >= 4 is 41.0 Å². The van der Waals surface area contributed by atoms with Gasteiger partial charge in [0.2, 0.25) is 6.79 Å². The number of nitrogens with one attached hydrogen (secondary N) is 1. The molecular formula is C15H15ClN2O3S. The Bertz CT molecular complexity index is 723. The van der Waals surface area contributed by atoms with E-state index < -0.39 is 0 Å². The first-order valence-corrected chi connectivity index (χ1v) is 7.64. The fraction of sp³-hybridized carbons (Fsp3) is 0.267. The molecular weight excluding hydrogens is 324 g/mol. The average molecular weight is 339 g/mol. The van der Waals surface area contributed by atoms with Crippen molar-refractivity contribution in [1.29, 1.82) is 0 Å². The normalized spacial score (nSPS) is 14.4. The Kier molecular flexibility index (Phi) is 3.88. The zero-order valence-corrected chi connectivity index (χ0v) is 13.3. The zero-order chi connectivity index (χ0) is 14.4. The smallest absolute Gasteiger partial charge is 0.265 e. The first-order valence-electron chi connectivity index (χ1n) is 6.83. The number of aryl methyl sites for hydroxylation is 2. The summed E-state index contributed by atoms with van der Waals surface area (Å²) in [5, 5.41) is 2.86. The van der Waals surface area contributed by atoms with E-state index in [-0.39, 0.29) is 25.1 Å². The molecule has 22 heavy (non-hydrogen) atoms. The maximum absolute atomic E-state index is 12.3. The van der Waals surface area contributed by atoms with Crippen LogP contribution in [0, 0.1) is 0 Å². The number of fused-ring (bicyclic) bond motifs is 2. The largest absolute Gasteiger partial charge is 0.454 e. The first kappa shape index (κ1) is 15.0. The Labute approximate surface area is 137 Å². The molecule has 7 heteroatoms. The van der Waals surface area contributed by atoms with Gasteiger partial charge in [-0.25, -0.2) is 0 Å². The topological polar surface area (TPSA) is 73.6 Å². The van der Waals surface area contributed by atoms with Crippen LogP contribution in [0.15, 0.2) is 18.2 Å². The Hall–Kier alpha value is -1.92. The van der Waals surface area contributed by atoms with E-state index in [0.29, 0.717) is 22.9 Å². The van der Waals surface area contributed by atoms with Crippen LogP contribution in [0.2, 0.25) is 0 Å². The number of hydrogen-bond donors (Lipinski definition) is 2. The molecule has 0 saturated carbocycles. The molecule has 1 aromatic carbocycles. The van der Waals surface area contributed by atoms with Crippen molar-refractivity contribution in [2.24, 2.45) is 0 Å². The maximum atomic E-state index is 12.3. The van der Waals surface area contributed by atoms with Gasteiger partial charge in [0, 0.05) is 17.0 Å². The van der Waals surface area contributed by atoms with Gasteiger partial charge in [-0.2, -0.15) is 0 Å². The minimum Gasteiger partial charge on any atom is -0.454 e. The third-order valence-corrected chi connectivity index (χ3v) is 5.00. The summed E-state index contributed by atoms with van der Waals surface area (Å²) >= 11 is 1.57. The fourth-order valence-corrected chi connectivity index (χ4v) is 3.84. The lowest BCUT2D eigenvalue weighted by Gasteiger charge is -2.08. The van der Waals surface area contributed by atoms with Gasteiger partial charge in [-0.1, -0.05) is 0 Å². The molecule has 2 heterocycles. The van der Waals surface area contributed by atoms with E-state index in [9.17, 15) is 4.79 Å². The Morgan fingerprint density at radius 1 is 1.18 bits per heavy atom. The number of benzene rings is 1. The molecule has 0 bridgehead atoms. The number of nitrogen functional groups attached to an aromatic ring is 1. The number of ether oxygens (including phenoxy) is 2. The Morgan fingerprint density at radius 2 is 1.95 bits per heavy atom. The van der Waals surface area contributed by atoms with Crippen molar-refractivity contribution in [3.05, 3.63) is 33.5 Å². The van der Waals surface area contributed by atoms with E-state index >= 15 is 0 Å². The van der Waals surface area contributed by atoms with Crippen molar-refractivity contribution in [2.75, 3.05) is 17.8 Å². The van der Waals surface area contributed by atoms with Crippen LogP contribution in [0.5, 0.6) is 11.5 Å². The highest BCUT2D eigenvalue weighted by molar-refractivity contribution is 7.14. The Morgan fingerprint density at radius 3 is 2.73 bits per heavy atom. The summed E-state index contributed by atoms with van der Waals surface area (Å²) in [6.07, 6.45) is 3.35. The summed E-state index contributed by atoms with van der Waals surface area (Å²) in [4.78, 5) is 14.4. The minimum atomic E-state index is -0.125. The molecule has 0 fully saturated rings. The quantitative estimate of drug-likeness (QED) is 0.824. The van der Waals surface area contributed by atoms with Gasteiger partial charge in [0.15, 0.2) is 11.5 Å². The van der Waals surface area contributed by atoms with E-state index in [4.69, 9.17) is 15.2 Å². The number of halogens is 1. The van der Waals surface area contributed by atoms with Gasteiger partial charge in [-0.15, -0.1) is 23.7 Å². The maximum Gasteiger partial charge on any atom is 0.265 e. The summed E-state index contributed by atoms with van der Waals surface area (Å²) in [5.41, 5.74) is 8.28. The molecule has 116 valence electrons. The molecule has 1 aliphatic heterocycles. The lowest BCUT2D eigenvalue weighted by atomic mass is 10.2. The molecule has 0 radical (unpaired) electrons. The highest BCUT2D eigenvalue weighted by atomic mass is 35.5. The van der Waals surface area contributed by atoms with Crippen LogP contribution in [-0.2, 0) is 12.8 Å². The molecule has 0 unspecified atom stereocenters. The van der Waals surface area contributed by atoms with Gasteiger partial charge in [0.1, 0.15) is 0 Å². The molecule has 1 aromatic heterocycles. The molecule has 0 spiro atoms. The first-order chi connectivity index (χ1) is 10.2. The number of thiophene rings is 1. The molecule has 3 N–H and O–H groups in total. The average Bonchev–Trinajstić information content (AvgIpc) is 3.12. The van der Waals surface area contributed by atoms with Crippen molar-refractivity contribution < 1.29 is 14.3 Å². The highest BCUT2D eigenvalue weighted by Gasteiger charge is 2.21. The third-order valence-electron chi connectivity index (χ3n) is 3.76. The molecule has 2 aromatic rings.